The van der Waals surface area contributed by atoms with Gasteiger partial charge >= 0.3 is 11.9 Å². The zero-order chi connectivity index (χ0) is 34.3. The molecule has 0 spiro atoms. The number of aliphatic hydroxyl groups is 1. The summed E-state index contributed by atoms with van der Waals surface area (Å²) in [7, 11) is 0. The Labute approximate surface area is 293 Å². The van der Waals surface area contributed by atoms with Gasteiger partial charge in [0, 0.05) is 12.8 Å². The first-order valence-electron chi connectivity index (χ1n) is 21.1. The fourth-order valence-electron chi connectivity index (χ4n) is 6.44. The van der Waals surface area contributed by atoms with Gasteiger partial charge in [0.2, 0.25) is 0 Å². The van der Waals surface area contributed by atoms with Crippen LogP contribution in [0.5, 0.6) is 0 Å². The lowest BCUT2D eigenvalue weighted by molar-refractivity contribution is -0.161. The molecule has 1 atom stereocenters. The first-order valence-corrected chi connectivity index (χ1v) is 21.1. The Hall–Kier alpha value is -1.10. The second kappa shape index (κ2) is 39.3. The van der Waals surface area contributed by atoms with E-state index in [0.717, 1.165) is 32.1 Å². The standard InChI is InChI=1S/C42H82O5/c1-3-5-7-9-11-13-15-17-18-19-20-21-22-23-24-25-27-29-31-33-35-37-42(45)47-40(38-43)39-46-41(44)36-34-32-30-28-26-16-14-12-10-8-6-4-2/h40,43H,3-39H2,1-2H3/t40-/m0/s1. The number of carbonyl (C=O) groups excluding carboxylic acids is 2. The molecular weight excluding hydrogens is 584 g/mol. The van der Waals surface area contributed by atoms with Crippen LogP contribution in [0.3, 0.4) is 0 Å². The van der Waals surface area contributed by atoms with Crippen molar-refractivity contribution in [1.82, 2.24) is 0 Å². The van der Waals surface area contributed by atoms with Crippen molar-refractivity contribution in [3.8, 4) is 0 Å². The highest BCUT2D eigenvalue weighted by Gasteiger charge is 2.16. The Morgan fingerprint density at radius 1 is 0.404 bits per heavy atom. The van der Waals surface area contributed by atoms with Crippen molar-refractivity contribution in [2.45, 2.75) is 245 Å². The average Bonchev–Trinajstić information content (AvgIpc) is 3.07. The van der Waals surface area contributed by atoms with Gasteiger partial charge in [-0.15, -0.1) is 0 Å². The van der Waals surface area contributed by atoms with Crippen LogP contribution in [0.2, 0.25) is 0 Å². The summed E-state index contributed by atoms with van der Waals surface area (Å²) < 4.78 is 10.6. The predicted octanol–water partition coefficient (Wildman–Crippen LogP) is 13.1. The molecule has 0 unspecified atom stereocenters. The normalized spacial score (nSPS) is 12.0. The Bertz CT molecular complexity index is 637. The molecule has 0 fully saturated rings. The van der Waals surface area contributed by atoms with Gasteiger partial charge in [0.15, 0.2) is 6.10 Å². The van der Waals surface area contributed by atoms with Gasteiger partial charge in [-0.3, -0.25) is 9.59 Å². The lowest BCUT2D eigenvalue weighted by Crippen LogP contribution is -2.28. The number of esters is 2. The lowest BCUT2D eigenvalue weighted by atomic mass is 10.0. The maximum atomic E-state index is 12.2. The van der Waals surface area contributed by atoms with Gasteiger partial charge in [0.05, 0.1) is 6.61 Å². The highest BCUT2D eigenvalue weighted by Crippen LogP contribution is 2.16. The van der Waals surface area contributed by atoms with Crippen LogP contribution in [-0.4, -0.2) is 36.4 Å². The predicted molar refractivity (Wildman–Crippen MR) is 201 cm³/mol. The summed E-state index contributed by atoms with van der Waals surface area (Å²) in [6, 6.07) is 0. The smallest absolute Gasteiger partial charge is 0.306 e. The minimum Gasteiger partial charge on any atom is -0.462 e. The second-order valence-electron chi connectivity index (χ2n) is 14.4. The van der Waals surface area contributed by atoms with Crippen LogP contribution >= 0.6 is 0 Å². The number of carbonyl (C=O) groups is 2. The summed E-state index contributed by atoms with van der Waals surface area (Å²) in [4.78, 5) is 24.2. The average molecular weight is 667 g/mol. The molecule has 0 rings (SSSR count). The molecule has 0 bridgehead atoms. The minimum atomic E-state index is -0.761. The van der Waals surface area contributed by atoms with E-state index in [1.165, 1.54) is 180 Å². The van der Waals surface area contributed by atoms with Crippen molar-refractivity contribution >= 4 is 11.9 Å². The van der Waals surface area contributed by atoms with E-state index in [9.17, 15) is 14.7 Å². The molecule has 0 aliphatic heterocycles. The first kappa shape index (κ1) is 45.9. The van der Waals surface area contributed by atoms with Crippen LogP contribution in [0.15, 0.2) is 0 Å². The summed E-state index contributed by atoms with van der Waals surface area (Å²) in [6.45, 7) is 4.16. The number of rotatable bonds is 39. The monoisotopic (exact) mass is 667 g/mol. The lowest BCUT2D eigenvalue weighted by Gasteiger charge is -2.15. The van der Waals surface area contributed by atoms with E-state index in [1.54, 1.807) is 0 Å². The molecule has 5 heteroatoms. The number of hydrogen-bond acceptors (Lipinski definition) is 5. The SMILES string of the molecule is CCCCCCCCCCCCCCCCCCCCCCCC(=O)O[C@@H](CO)COC(=O)CCCCCCCCCCCCCC. The Morgan fingerprint density at radius 2 is 0.660 bits per heavy atom. The van der Waals surface area contributed by atoms with Crippen LogP contribution in [0, 0.1) is 0 Å². The largest absolute Gasteiger partial charge is 0.462 e. The maximum Gasteiger partial charge on any atom is 0.306 e. The van der Waals surface area contributed by atoms with E-state index < -0.39 is 6.10 Å². The summed E-state index contributed by atoms with van der Waals surface area (Å²) in [5, 5.41) is 9.55. The molecule has 5 nitrogen and oxygen atoms in total. The van der Waals surface area contributed by atoms with Crippen molar-refractivity contribution in [2.24, 2.45) is 0 Å². The summed E-state index contributed by atoms with van der Waals surface area (Å²) >= 11 is 0. The molecule has 0 heterocycles. The molecule has 0 aromatic heterocycles. The number of ether oxygens (including phenoxy) is 2. The topological polar surface area (TPSA) is 72.8 Å². The van der Waals surface area contributed by atoms with E-state index in [0.29, 0.717) is 12.8 Å². The third kappa shape index (κ3) is 37.6. The molecule has 0 saturated heterocycles. The Morgan fingerprint density at radius 3 is 0.936 bits per heavy atom. The molecule has 280 valence electrons. The van der Waals surface area contributed by atoms with Gasteiger partial charge < -0.3 is 14.6 Å². The highest BCUT2D eigenvalue weighted by molar-refractivity contribution is 5.70. The minimum absolute atomic E-state index is 0.0569. The van der Waals surface area contributed by atoms with Crippen LogP contribution in [0.25, 0.3) is 0 Å². The summed E-state index contributed by atoms with van der Waals surface area (Å²) in [6.07, 6.45) is 43.2. The maximum absolute atomic E-state index is 12.2. The van der Waals surface area contributed by atoms with Crippen molar-refractivity contribution in [3.63, 3.8) is 0 Å². The molecule has 1 N–H and O–H groups in total. The Balaban J connectivity index is 3.45. The summed E-state index contributed by atoms with van der Waals surface area (Å²) in [5.74, 6) is -0.574. The van der Waals surface area contributed by atoms with Crippen LogP contribution < -0.4 is 0 Å². The molecule has 0 saturated carbocycles. The van der Waals surface area contributed by atoms with Crippen molar-refractivity contribution in [1.29, 1.82) is 0 Å². The quantitative estimate of drug-likeness (QED) is 0.0522. The van der Waals surface area contributed by atoms with Crippen molar-refractivity contribution < 1.29 is 24.2 Å². The van der Waals surface area contributed by atoms with E-state index in [2.05, 4.69) is 13.8 Å². The van der Waals surface area contributed by atoms with Gasteiger partial charge in [-0.2, -0.15) is 0 Å². The molecule has 0 aromatic carbocycles. The van der Waals surface area contributed by atoms with E-state index in [4.69, 9.17) is 9.47 Å². The summed E-state index contributed by atoms with van der Waals surface area (Å²) in [5.41, 5.74) is 0. The van der Waals surface area contributed by atoms with E-state index >= 15 is 0 Å². The molecule has 0 aliphatic carbocycles. The third-order valence-corrected chi connectivity index (χ3v) is 9.65. The number of hydrogen-bond donors (Lipinski definition) is 1. The fraction of sp³-hybridized carbons (Fsp3) is 0.952. The van der Waals surface area contributed by atoms with Crippen LogP contribution in [0.4, 0.5) is 0 Å². The Kier molecular flexibility index (Phi) is 38.4. The van der Waals surface area contributed by atoms with Crippen molar-refractivity contribution in [3.05, 3.63) is 0 Å². The molecule has 0 amide bonds. The van der Waals surface area contributed by atoms with Gasteiger partial charge in [-0.1, -0.05) is 213 Å². The first-order chi connectivity index (χ1) is 23.1. The molecule has 0 aromatic rings. The third-order valence-electron chi connectivity index (χ3n) is 9.65. The van der Waals surface area contributed by atoms with E-state index in [-0.39, 0.29) is 25.2 Å². The number of unbranched alkanes of at least 4 members (excludes halogenated alkanes) is 31. The molecule has 0 radical (unpaired) electrons. The van der Waals surface area contributed by atoms with E-state index in [1.807, 2.05) is 0 Å². The van der Waals surface area contributed by atoms with Crippen LogP contribution in [-0.2, 0) is 19.1 Å². The fourth-order valence-corrected chi connectivity index (χ4v) is 6.44. The van der Waals surface area contributed by atoms with Gasteiger partial charge in [0.25, 0.3) is 0 Å². The molecular formula is C42H82O5. The van der Waals surface area contributed by atoms with Crippen molar-refractivity contribution in [2.75, 3.05) is 13.2 Å². The van der Waals surface area contributed by atoms with Gasteiger partial charge in [-0.25, -0.2) is 0 Å². The zero-order valence-corrected chi connectivity index (χ0v) is 31.8. The van der Waals surface area contributed by atoms with Gasteiger partial charge in [0.1, 0.15) is 6.61 Å². The molecule has 0 aliphatic rings. The number of aliphatic hydroxyl groups excluding tert-OH is 1. The molecule has 47 heavy (non-hydrogen) atoms. The van der Waals surface area contributed by atoms with Crippen LogP contribution in [0.1, 0.15) is 239 Å². The zero-order valence-electron chi connectivity index (χ0n) is 31.8. The van der Waals surface area contributed by atoms with Gasteiger partial charge in [-0.05, 0) is 12.8 Å². The highest BCUT2D eigenvalue weighted by atomic mass is 16.6. The second-order valence-corrected chi connectivity index (χ2v) is 14.4.